The molecular weight excluding hydrogens is 390 g/mol. The fourth-order valence-corrected chi connectivity index (χ4v) is 5.13. The van der Waals surface area contributed by atoms with E-state index in [1.807, 2.05) is 30.3 Å². The van der Waals surface area contributed by atoms with E-state index in [4.69, 9.17) is 5.21 Å². The van der Waals surface area contributed by atoms with E-state index in [1.54, 1.807) is 17.2 Å². The van der Waals surface area contributed by atoms with E-state index < -0.39 is 18.3 Å². The standard InChI is InChI=1S/C22H35NO5S/c24-16(15-29-17-8-4-3-5-9-17)12-13-19-18(20(25)14-21(19)26)10-6-1-2-7-11-22(27)23-28/h3-5,8-9,16,18-21,24-26,28H,1-2,6-7,10-15H2,(H,23,27)/t16?,18?,19-,20?,21?/m1/s1. The van der Waals surface area contributed by atoms with Gasteiger partial charge in [-0.2, -0.15) is 0 Å². The number of amides is 1. The molecule has 5 N–H and O–H groups in total. The summed E-state index contributed by atoms with van der Waals surface area (Å²) in [6.07, 6.45) is 5.06. The lowest BCUT2D eigenvalue weighted by Crippen LogP contribution is -2.24. The highest BCUT2D eigenvalue weighted by Crippen LogP contribution is 2.39. The Morgan fingerprint density at radius 1 is 1.03 bits per heavy atom. The van der Waals surface area contributed by atoms with Gasteiger partial charge in [0, 0.05) is 17.1 Å². The second-order valence-corrected chi connectivity index (χ2v) is 9.13. The van der Waals surface area contributed by atoms with Gasteiger partial charge in [-0.1, -0.05) is 37.5 Å². The average Bonchev–Trinajstić information content (AvgIpc) is 3.00. The highest BCUT2D eigenvalue weighted by atomic mass is 32.2. The Morgan fingerprint density at radius 2 is 1.69 bits per heavy atom. The first-order chi connectivity index (χ1) is 14.0. The molecule has 0 saturated heterocycles. The van der Waals surface area contributed by atoms with E-state index in [0.29, 0.717) is 25.0 Å². The molecule has 0 heterocycles. The van der Waals surface area contributed by atoms with E-state index in [2.05, 4.69) is 0 Å². The molecule has 164 valence electrons. The van der Waals surface area contributed by atoms with Crippen molar-refractivity contribution in [1.29, 1.82) is 0 Å². The number of thioether (sulfide) groups is 1. The molecule has 0 bridgehead atoms. The summed E-state index contributed by atoms with van der Waals surface area (Å²) in [6.45, 7) is 0. The second kappa shape index (κ2) is 13.2. The molecule has 1 aromatic carbocycles. The molecule has 1 amide bonds. The van der Waals surface area contributed by atoms with E-state index in [0.717, 1.165) is 43.4 Å². The van der Waals surface area contributed by atoms with Crippen LogP contribution in [0.2, 0.25) is 0 Å². The van der Waals surface area contributed by atoms with Crippen LogP contribution in [0.5, 0.6) is 0 Å². The van der Waals surface area contributed by atoms with Gasteiger partial charge < -0.3 is 15.3 Å². The molecule has 2 rings (SSSR count). The van der Waals surface area contributed by atoms with Gasteiger partial charge in [-0.3, -0.25) is 10.0 Å². The van der Waals surface area contributed by atoms with Gasteiger partial charge in [-0.15, -0.1) is 11.8 Å². The van der Waals surface area contributed by atoms with Crippen molar-refractivity contribution in [3.05, 3.63) is 30.3 Å². The minimum Gasteiger partial charge on any atom is -0.393 e. The smallest absolute Gasteiger partial charge is 0.243 e. The number of carbonyl (C=O) groups is 1. The molecule has 5 atom stereocenters. The minimum absolute atomic E-state index is 0.0292. The van der Waals surface area contributed by atoms with E-state index in [1.165, 1.54) is 0 Å². The van der Waals surface area contributed by atoms with Crippen molar-refractivity contribution in [3.63, 3.8) is 0 Å². The second-order valence-electron chi connectivity index (χ2n) is 8.04. The van der Waals surface area contributed by atoms with E-state index in [9.17, 15) is 20.1 Å². The Morgan fingerprint density at radius 3 is 2.38 bits per heavy atom. The van der Waals surface area contributed by atoms with Crippen molar-refractivity contribution in [1.82, 2.24) is 5.48 Å². The summed E-state index contributed by atoms with van der Waals surface area (Å²) < 4.78 is 0. The number of aliphatic hydroxyl groups is 3. The molecule has 1 aromatic rings. The molecular formula is C22H35NO5S. The number of hydrogen-bond donors (Lipinski definition) is 5. The average molecular weight is 426 g/mol. The number of hydrogen-bond acceptors (Lipinski definition) is 6. The van der Waals surface area contributed by atoms with Crippen molar-refractivity contribution in [2.24, 2.45) is 11.8 Å². The molecule has 1 fully saturated rings. The van der Waals surface area contributed by atoms with Gasteiger partial charge in [0.15, 0.2) is 0 Å². The number of hydroxylamine groups is 1. The van der Waals surface area contributed by atoms with E-state index >= 15 is 0 Å². The molecule has 0 aliphatic heterocycles. The van der Waals surface area contributed by atoms with Crippen LogP contribution in [0.4, 0.5) is 0 Å². The number of rotatable bonds is 13. The van der Waals surface area contributed by atoms with Gasteiger partial charge in [0.1, 0.15) is 0 Å². The van der Waals surface area contributed by atoms with Gasteiger partial charge in [0.2, 0.25) is 5.91 Å². The van der Waals surface area contributed by atoms with Crippen LogP contribution in [0, 0.1) is 11.8 Å². The van der Waals surface area contributed by atoms with Gasteiger partial charge >= 0.3 is 0 Å². The Bertz CT molecular complexity index is 588. The molecule has 1 aliphatic rings. The maximum Gasteiger partial charge on any atom is 0.243 e. The van der Waals surface area contributed by atoms with Crippen molar-refractivity contribution >= 4 is 17.7 Å². The summed E-state index contributed by atoms with van der Waals surface area (Å²) in [6, 6.07) is 9.99. The van der Waals surface area contributed by atoms with Crippen LogP contribution in [0.3, 0.4) is 0 Å². The Hall–Kier alpha value is -1.12. The van der Waals surface area contributed by atoms with Gasteiger partial charge in [0.25, 0.3) is 0 Å². The fourth-order valence-electron chi connectivity index (χ4n) is 4.23. The zero-order valence-electron chi connectivity index (χ0n) is 16.9. The zero-order valence-corrected chi connectivity index (χ0v) is 17.8. The molecule has 0 aromatic heterocycles. The topological polar surface area (TPSA) is 110 Å². The molecule has 7 heteroatoms. The predicted molar refractivity (Wildman–Crippen MR) is 114 cm³/mol. The maximum atomic E-state index is 11.0. The molecule has 0 radical (unpaired) electrons. The van der Waals surface area contributed by atoms with Crippen molar-refractivity contribution in [2.45, 2.75) is 81.0 Å². The number of benzene rings is 1. The van der Waals surface area contributed by atoms with Crippen LogP contribution in [0.15, 0.2) is 35.2 Å². The van der Waals surface area contributed by atoms with Crippen molar-refractivity contribution in [3.8, 4) is 0 Å². The molecule has 29 heavy (non-hydrogen) atoms. The third-order valence-corrected chi connectivity index (χ3v) is 7.01. The normalized spacial score (nSPS) is 25.1. The van der Waals surface area contributed by atoms with Crippen LogP contribution < -0.4 is 5.48 Å². The summed E-state index contributed by atoms with van der Waals surface area (Å²) >= 11 is 1.63. The summed E-state index contributed by atoms with van der Waals surface area (Å²) in [5.41, 5.74) is 1.64. The fraction of sp³-hybridized carbons (Fsp3) is 0.682. The Kier molecular flexibility index (Phi) is 11.0. The molecule has 1 saturated carbocycles. The molecule has 6 nitrogen and oxygen atoms in total. The summed E-state index contributed by atoms with van der Waals surface area (Å²) in [4.78, 5) is 12.1. The minimum atomic E-state index is -0.503. The quantitative estimate of drug-likeness (QED) is 0.144. The number of unbranched alkanes of at least 4 members (excludes halogenated alkanes) is 3. The van der Waals surface area contributed by atoms with Crippen LogP contribution >= 0.6 is 11.8 Å². The van der Waals surface area contributed by atoms with Crippen LogP contribution in [0.25, 0.3) is 0 Å². The first-order valence-electron chi connectivity index (χ1n) is 10.7. The lowest BCUT2D eigenvalue weighted by molar-refractivity contribution is -0.129. The Labute approximate surface area is 177 Å². The SMILES string of the molecule is O=C(CCCCCCC1C(O)CC(O)[C@@H]1CCC(O)CSc1ccccc1)NO. The largest absolute Gasteiger partial charge is 0.393 e. The first-order valence-corrected chi connectivity index (χ1v) is 11.6. The molecule has 1 aliphatic carbocycles. The summed E-state index contributed by atoms with van der Waals surface area (Å²) in [5.74, 6) is 0.367. The number of nitrogens with one attached hydrogen (secondary N) is 1. The van der Waals surface area contributed by atoms with Gasteiger partial charge in [0.05, 0.1) is 18.3 Å². The Balaban J connectivity index is 1.67. The monoisotopic (exact) mass is 425 g/mol. The number of aliphatic hydroxyl groups excluding tert-OH is 3. The first kappa shape index (κ1) is 24.2. The van der Waals surface area contributed by atoms with Crippen LogP contribution in [-0.4, -0.2) is 50.5 Å². The lowest BCUT2D eigenvalue weighted by atomic mass is 9.85. The summed E-state index contributed by atoms with van der Waals surface area (Å²) in [5, 5.41) is 39.5. The van der Waals surface area contributed by atoms with Gasteiger partial charge in [-0.25, -0.2) is 5.48 Å². The number of carbonyl (C=O) groups excluding carboxylic acids is 1. The van der Waals surface area contributed by atoms with Crippen molar-refractivity contribution < 1.29 is 25.3 Å². The molecule has 0 spiro atoms. The summed E-state index contributed by atoms with van der Waals surface area (Å²) in [7, 11) is 0. The van der Waals surface area contributed by atoms with Crippen LogP contribution in [0.1, 0.15) is 57.8 Å². The van der Waals surface area contributed by atoms with E-state index in [-0.39, 0.29) is 17.7 Å². The molecule has 4 unspecified atom stereocenters. The van der Waals surface area contributed by atoms with Crippen molar-refractivity contribution in [2.75, 3.05) is 5.75 Å². The van der Waals surface area contributed by atoms with Crippen LogP contribution in [-0.2, 0) is 4.79 Å². The third kappa shape index (κ3) is 8.64. The maximum absolute atomic E-state index is 11.0. The zero-order chi connectivity index (χ0) is 21.1. The lowest BCUT2D eigenvalue weighted by Gasteiger charge is -2.24. The highest BCUT2D eigenvalue weighted by Gasteiger charge is 2.40. The third-order valence-electron chi connectivity index (χ3n) is 5.86. The predicted octanol–water partition coefficient (Wildman–Crippen LogP) is 3.12. The van der Waals surface area contributed by atoms with Gasteiger partial charge in [-0.05, 0) is 56.1 Å². The highest BCUT2D eigenvalue weighted by molar-refractivity contribution is 7.99.